The van der Waals surface area contributed by atoms with E-state index < -0.39 is 0 Å². The third-order valence-corrected chi connectivity index (χ3v) is 2.59. The van der Waals surface area contributed by atoms with Gasteiger partial charge in [0.15, 0.2) is 0 Å². The van der Waals surface area contributed by atoms with Crippen molar-refractivity contribution in [3.8, 4) is 0 Å². The number of hydrogen-bond donors (Lipinski definition) is 1. The lowest BCUT2D eigenvalue weighted by molar-refractivity contribution is 1.05. The molecule has 0 fully saturated rings. The summed E-state index contributed by atoms with van der Waals surface area (Å²) in [4.78, 5) is 1.33. The Kier molecular flexibility index (Phi) is 2.97. The van der Waals surface area contributed by atoms with Gasteiger partial charge in [-0.3, -0.25) is 0 Å². The van der Waals surface area contributed by atoms with Gasteiger partial charge in [0, 0.05) is 11.4 Å². The van der Waals surface area contributed by atoms with Crippen LogP contribution >= 0.6 is 11.8 Å². The molecule has 2 heteroatoms. The van der Waals surface area contributed by atoms with Crippen LogP contribution in [0.1, 0.15) is 11.1 Å². The molecule has 60 valence electrons. The maximum atomic E-state index is 5.51. The van der Waals surface area contributed by atoms with E-state index in [1.165, 1.54) is 16.0 Å². The molecule has 1 aromatic carbocycles. The van der Waals surface area contributed by atoms with Crippen molar-refractivity contribution < 1.29 is 0 Å². The summed E-state index contributed by atoms with van der Waals surface area (Å²) >= 11 is 1.77. The van der Waals surface area contributed by atoms with Crippen LogP contribution in [-0.4, -0.2) is 6.26 Å². The van der Waals surface area contributed by atoms with Crippen LogP contribution in [-0.2, 0) is 6.54 Å². The molecule has 0 aromatic heterocycles. The zero-order valence-electron chi connectivity index (χ0n) is 6.92. The van der Waals surface area contributed by atoms with E-state index in [0.717, 1.165) is 0 Å². The minimum atomic E-state index is 0.633. The number of rotatable bonds is 2. The summed E-state index contributed by atoms with van der Waals surface area (Å²) in [6, 6.07) is 6.35. The third kappa shape index (κ3) is 1.98. The summed E-state index contributed by atoms with van der Waals surface area (Å²) in [6.07, 6.45) is 2.09. The Morgan fingerprint density at radius 1 is 1.45 bits per heavy atom. The van der Waals surface area contributed by atoms with Gasteiger partial charge in [-0.15, -0.1) is 11.8 Å². The van der Waals surface area contributed by atoms with Crippen molar-refractivity contribution in [2.24, 2.45) is 5.73 Å². The summed E-state index contributed by atoms with van der Waals surface area (Å²) in [7, 11) is 0. The van der Waals surface area contributed by atoms with E-state index in [1.54, 1.807) is 11.8 Å². The van der Waals surface area contributed by atoms with Crippen LogP contribution < -0.4 is 5.73 Å². The molecule has 0 spiro atoms. The zero-order valence-corrected chi connectivity index (χ0v) is 7.74. The summed E-state index contributed by atoms with van der Waals surface area (Å²) in [5.74, 6) is 0. The summed E-state index contributed by atoms with van der Waals surface area (Å²) in [5, 5.41) is 0. The molecular weight excluding hydrogens is 154 g/mol. The van der Waals surface area contributed by atoms with Gasteiger partial charge in [0.1, 0.15) is 0 Å². The average molecular weight is 167 g/mol. The van der Waals surface area contributed by atoms with Gasteiger partial charge in [0.25, 0.3) is 0 Å². The van der Waals surface area contributed by atoms with Crippen molar-refractivity contribution in [2.45, 2.75) is 18.4 Å². The van der Waals surface area contributed by atoms with E-state index in [0.29, 0.717) is 6.54 Å². The number of benzene rings is 1. The third-order valence-electron chi connectivity index (χ3n) is 1.71. The molecule has 1 nitrogen and oxygen atoms in total. The maximum absolute atomic E-state index is 5.51. The van der Waals surface area contributed by atoms with Crippen LogP contribution in [0.2, 0.25) is 0 Å². The van der Waals surface area contributed by atoms with Gasteiger partial charge < -0.3 is 5.73 Å². The topological polar surface area (TPSA) is 26.0 Å². The van der Waals surface area contributed by atoms with Crippen molar-refractivity contribution in [3.05, 3.63) is 29.3 Å². The molecule has 0 aliphatic carbocycles. The fourth-order valence-electron chi connectivity index (χ4n) is 0.991. The first-order valence-corrected chi connectivity index (χ1v) is 4.84. The Hall–Kier alpha value is -0.470. The number of nitrogens with two attached hydrogens (primary N) is 1. The molecule has 0 aliphatic rings. The van der Waals surface area contributed by atoms with Gasteiger partial charge in [-0.1, -0.05) is 12.1 Å². The van der Waals surface area contributed by atoms with Gasteiger partial charge in [0.2, 0.25) is 0 Å². The van der Waals surface area contributed by atoms with Crippen molar-refractivity contribution >= 4 is 11.8 Å². The Morgan fingerprint density at radius 3 is 2.73 bits per heavy atom. The maximum Gasteiger partial charge on any atom is 0.0178 e. The normalized spacial score (nSPS) is 10.1. The van der Waals surface area contributed by atoms with E-state index in [2.05, 4.69) is 31.4 Å². The summed E-state index contributed by atoms with van der Waals surface area (Å²) in [6.45, 7) is 2.75. The molecule has 0 unspecified atom stereocenters. The molecule has 0 heterocycles. The second kappa shape index (κ2) is 3.79. The summed E-state index contributed by atoms with van der Waals surface area (Å²) < 4.78 is 0. The van der Waals surface area contributed by atoms with Gasteiger partial charge >= 0.3 is 0 Å². The monoisotopic (exact) mass is 167 g/mol. The van der Waals surface area contributed by atoms with Crippen molar-refractivity contribution in [1.29, 1.82) is 0 Å². The number of hydrogen-bond acceptors (Lipinski definition) is 2. The van der Waals surface area contributed by atoms with Gasteiger partial charge in [-0.25, -0.2) is 0 Å². The number of thioether (sulfide) groups is 1. The van der Waals surface area contributed by atoms with Crippen LogP contribution in [0.25, 0.3) is 0 Å². The minimum Gasteiger partial charge on any atom is -0.326 e. The Morgan fingerprint density at radius 2 is 2.18 bits per heavy atom. The van der Waals surface area contributed by atoms with Crippen LogP contribution in [0, 0.1) is 6.92 Å². The SMILES string of the molecule is CSc1cc(CN)ccc1C. The van der Waals surface area contributed by atoms with Gasteiger partial charge in [-0.2, -0.15) is 0 Å². The first-order chi connectivity index (χ1) is 5.27. The molecule has 0 saturated carbocycles. The predicted molar refractivity (Wildman–Crippen MR) is 50.9 cm³/mol. The van der Waals surface area contributed by atoms with Crippen molar-refractivity contribution in [3.63, 3.8) is 0 Å². The molecule has 0 bridgehead atoms. The molecule has 0 atom stereocenters. The highest BCUT2D eigenvalue weighted by Crippen LogP contribution is 2.20. The fourth-order valence-corrected chi connectivity index (χ4v) is 1.65. The standard InChI is InChI=1S/C9H13NS/c1-7-3-4-8(6-10)5-9(7)11-2/h3-5H,6,10H2,1-2H3. The van der Waals surface area contributed by atoms with E-state index >= 15 is 0 Å². The van der Waals surface area contributed by atoms with Crippen LogP contribution in [0.4, 0.5) is 0 Å². The second-order valence-corrected chi connectivity index (χ2v) is 3.36. The molecule has 0 amide bonds. The van der Waals surface area contributed by atoms with E-state index in [-0.39, 0.29) is 0 Å². The van der Waals surface area contributed by atoms with E-state index in [1.807, 2.05) is 0 Å². The van der Waals surface area contributed by atoms with Crippen LogP contribution in [0.5, 0.6) is 0 Å². The molecule has 0 saturated heterocycles. The Balaban J connectivity index is 3.02. The lowest BCUT2D eigenvalue weighted by atomic mass is 10.1. The van der Waals surface area contributed by atoms with Crippen molar-refractivity contribution in [1.82, 2.24) is 0 Å². The van der Waals surface area contributed by atoms with Crippen LogP contribution in [0.15, 0.2) is 23.1 Å². The van der Waals surface area contributed by atoms with E-state index in [9.17, 15) is 0 Å². The largest absolute Gasteiger partial charge is 0.326 e. The number of aryl methyl sites for hydroxylation is 1. The second-order valence-electron chi connectivity index (χ2n) is 2.51. The zero-order chi connectivity index (χ0) is 8.27. The molecule has 11 heavy (non-hydrogen) atoms. The lowest BCUT2D eigenvalue weighted by Gasteiger charge is -2.03. The average Bonchev–Trinajstić information content (AvgIpc) is 2.05. The lowest BCUT2D eigenvalue weighted by Crippen LogP contribution is -1.96. The predicted octanol–water partition coefficient (Wildman–Crippen LogP) is 2.18. The summed E-state index contributed by atoms with van der Waals surface area (Å²) in [5.41, 5.74) is 8.05. The molecule has 2 N–H and O–H groups in total. The van der Waals surface area contributed by atoms with Gasteiger partial charge in [0.05, 0.1) is 0 Å². The molecule has 1 rings (SSSR count). The van der Waals surface area contributed by atoms with E-state index in [4.69, 9.17) is 5.73 Å². The molecule has 0 radical (unpaired) electrons. The highest BCUT2D eigenvalue weighted by Gasteiger charge is 1.96. The van der Waals surface area contributed by atoms with Gasteiger partial charge in [-0.05, 0) is 30.4 Å². The molecule has 0 aliphatic heterocycles. The highest BCUT2D eigenvalue weighted by molar-refractivity contribution is 7.98. The molecule has 1 aromatic rings. The minimum absolute atomic E-state index is 0.633. The van der Waals surface area contributed by atoms with Crippen molar-refractivity contribution in [2.75, 3.05) is 6.26 Å². The Labute approximate surface area is 72.0 Å². The molecular formula is C9H13NS. The first kappa shape index (κ1) is 8.62. The Bertz CT molecular complexity index is 245. The highest BCUT2D eigenvalue weighted by atomic mass is 32.2. The van der Waals surface area contributed by atoms with Crippen LogP contribution in [0.3, 0.4) is 0 Å². The fraction of sp³-hybridized carbons (Fsp3) is 0.333. The quantitative estimate of drug-likeness (QED) is 0.683. The smallest absolute Gasteiger partial charge is 0.0178 e. The first-order valence-electron chi connectivity index (χ1n) is 3.61.